The molecule has 0 unspecified atom stereocenters. The van der Waals surface area contributed by atoms with Crippen molar-refractivity contribution in [3.05, 3.63) is 104 Å². The Morgan fingerprint density at radius 3 is 2.48 bits per heavy atom. The number of para-hydroxylation sites is 1. The number of nitrogens with one attached hydrogen (secondary N) is 2. The van der Waals surface area contributed by atoms with E-state index in [9.17, 15) is 14.9 Å². The highest BCUT2D eigenvalue weighted by Gasteiger charge is 2.28. The third-order valence-electron chi connectivity index (χ3n) is 7.60. The number of rotatable bonds is 6. The Morgan fingerprint density at radius 1 is 0.975 bits per heavy atom. The van der Waals surface area contributed by atoms with E-state index in [1.807, 2.05) is 82.3 Å². The quantitative estimate of drug-likeness (QED) is 0.194. The first kappa shape index (κ1) is 27.2. The molecule has 0 aliphatic heterocycles. The third-order valence-corrected chi connectivity index (χ3v) is 8.88. The Labute approximate surface area is 239 Å². The van der Waals surface area contributed by atoms with Crippen molar-refractivity contribution in [2.24, 2.45) is 0 Å². The second kappa shape index (κ2) is 11.4. The fourth-order valence-electron chi connectivity index (χ4n) is 5.28. The van der Waals surface area contributed by atoms with Crippen molar-refractivity contribution in [3.63, 3.8) is 0 Å². The fraction of sp³-hybridized carbons (Fsp3) is 0.242. The van der Waals surface area contributed by atoms with Gasteiger partial charge in [0.25, 0.3) is 11.8 Å². The minimum absolute atomic E-state index is 0.0219. The van der Waals surface area contributed by atoms with Gasteiger partial charge in [0.15, 0.2) is 0 Å². The fourth-order valence-corrected chi connectivity index (χ4v) is 6.78. The summed E-state index contributed by atoms with van der Waals surface area (Å²) in [6, 6.07) is 19.3. The van der Waals surface area contributed by atoms with Gasteiger partial charge in [-0.25, -0.2) is 0 Å². The van der Waals surface area contributed by atoms with Gasteiger partial charge >= 0.3 is 0 Å². The Balaban J connectivity index is 1.53. The Morgan fingerprint density at radius 2 is 1.73 bits per heavy atom. The zero-order chi connectivity index (χ0) is 28.4. The Kier molecular flexibility index (Phi) is 7.72. The van der Waals surface area contributed by atoms with Crippen LogP contribution in [0.1, 0.15) is 61.7 Å². The average molecular weight is 549 g/mol. The summed E-state index contributed by atoms with van der Waals surface area (Å²) in [5, 5.41) is 16.7. The van der Waals surface area contributed by atoms with Gasteiger partial charge in [-0.1, -0.05) is 30.3 Å². The van der Waals surface area contributed by atoms with E-state index in [1.165, 1.54) is 4.88 Å². The first-order valence-electron chi connectivity index (χ1n) is 13.5. The molecule has 0 saturated carbocycles. The lowest BCUT2D eigenvalue weighted by molar-refractivity contribution is -0.112. The molecule has 2 aromatic carbocycles. The van der Waals surface area contributed by atoms with Crippen LogP contribution in [0.3, 0.4) is 0 Å². The van der Waals surface area contributed by atoms with Gasteiger partial charge in [-0.2, -0.15) is 5.26 Å². The standard InChI is InChI=1S/C33H32N4O2S/c1-20-11-10-15-28(22(20)3)36-31(38)25(19-34)18-24-17-21(2)37(23(24)4)33-30(27-14-8-9-16-29(27)40-33)32(39)35-26-12-6-5-7-13-26/h5-7,10-13,15,17-18H,8-9,14,16H2,1-4H3,(H,35,39)(H,36,38)/b25-18-. The lowest BCUT2D eigenvalue weighted by atomic mass is 9.95. The molecule has 202 valence electrons. The number of nitrogens with zero attached hydrogens (tertiary/aromatic N) is 2. The predicted molar refractivity (Wildman–Crippen MR) is 162 cm³/mol. The zero-order valence-corrected chi connectivity index (χ0v) is 24.0. The van der Waals surface area contributed by atoms with Crippen molar-refractivity contribution >= 4 is 40.6 Å². The van der Waals surface area contributed by atoms with Crippen molar-refractivity contribution in [2.45, 2.75) is 53.4 Å². The Hall–Kier alpha value is -4.41. The second-order valence-corrected chi connectivity index (χ2v) is 11.3. The summed E-state index contributed by atoms with van der Waals surface area (Å²) in [5.41, 5.74) is 7.93. The summed E-state index contributed by atoms with van der Waals surface area (Å²) in [5.74, 6) is -0.564. The number of hydrogen-bond donors (Lipinski definition) is 2. The van der Waals surface area contributed by atoms with Crippen molar-refractivity contribution in [1.29, 1.82) is 5.26 Å². The van der Waals surface area contributed by atoms with Gasteiger partial charge in [-0.3, -0.25) is 9.59 Å². The van der Waals surface area contributed by atoms with E-state index in [0.717, 1.165) is 70.0 Å². The summed E-state index contributed by atoms with van der Waals surface area (Å²) < 4.78 is 2.09. The first-order chi connectivity index (χ1) is 19.3. The highest BCUT2D eigenvalue weighted by atomic mass is 32.1. The number of aryl methyl sites for hydroxylation is 3. The molecule has 0 spiro atoms. The van der Waals surface area contributed by atoms with E-state index in [4.69, 9.17) is 0 Å². The van der Waals surface area contributed by atoms with Crippen LogP contribution in [0.2, 0.25) is 0 Å². The molecule has 2 aromatic heterocycles. The van der Waals surface area contributed by atoms with Crippen LogP contribution in [0.25, 0.3) is 11.1 Å². The van der Waals surface area contributed by atoms with Crippen molar-refractivity contribution in [1.82, 2.24) is 4.57 Å². The predicted octanol–water partition coefficient (Wildman–Crippen LogP) is 7.45. The van der Waals surface area contributed by atoms with Crippen LogP contribution in [0.5, 0.6) is 0 Å². The van der Waals surface area contributed by atoms with Gasteiger partial charge in [0.05, 0.1) is 5.56 Å². The van der Waals surface area contributed by atoms with Crippen LogP contribution in [0.4, 0.5) is 11.4 Å². The number of anilines is 2. The number of carbonyl (C=O) groups excluding carboxylic acids is 2. The van der Waals surface area contributed by atoms with E-state index in [1.54, 1.807) is 17.4 Å². The molecular formula is C33H32N4O2S. The minimum atomic E-state index is -0.449. The van der Waals surface area contributed by atoms with Gasteiger partial charge in [-0.05, 0) is 106 Å². The maximum Gasteiger partial charge on any atom is 0.266 e. The molecule has 1 aliphatic carbocycles. The summed E-state index contributed by atoms with van der Waals surface area (Å²) >= 11 is 1.67. The number of thiophene rings is 1. The number of benzene rings is 2. The molecule has 1 aliphatic rings. The molecule has 2 heterocycles. The van der Waals surface area contributed by atoms with Gasteiger partial charge in [0, 0.05) is 27.6 Å². The number of amides is 2. The van der Waals surface area contributed by atoms with Gasteiger partial charge < -0.3 is 15.2 Å². The van der Waals surface area contributed by atoms with Crippen molar-refractivity contribution in [3.8, 4) is 11.1 Å². The molecule has 0 bridgehead atoms. The molecule has 40 heavy (non-hydrogen) atoms. The van der Waals surface area contributed by atoms with E-state index in [2.05, 4.69) is 21.3 Å². The number of nitriles is 1. The largest absolute Gasteiger partial charge is 0.322 e. The normalized spacial score (nSPS) is 12.9. The molecule has 2 N–H and O–H groups in total. The summed E-state index contributed by atoms with van der Waals surface area (Å²) in [6.07, 6.45) is 5.66. The van der Waals surface area contributed by atoms with Crippen LogP contribution in [-0.4, -0.2) is 16.4 Å². The smallest absolute Gasteiger partial charge is 0.266 e. The average Bonchev–Trinajstić information content (AvgIpc) is 3.46. The molecular weight excluding hydrogens is 516 g/mol. The zero-order valence-electron chi connectivity index (χ0n) is 23.2. The van der Waals surface area contributed by atoms with Crippen molar-refractivity contribution in [2.75, 3.05) is 10.6 Å². The SMILES string of the molecule is Cc1cccc(NC(=O)/C(C#N)=C\c2cc(C)n(-c3sc4c(c3C(=O)Nc3ccccc3)CCCC4)c2C)c1C. The monoisotopic (exact) mass is 548 g/mol. The van der Waals surface area contributed by atoms with Crippen molar-refractivity contribution < 1.29 is 9.59 Å². The summed E-state index contributed by atoms with van der Waals surface area (Å²) in [6.45, 7) is 7.89. The highest BCUT2D eigenvalue weighted by molar-refractivity contribution is 7.15. The van der Waals surface area contributed by atoms with Gasteiger partial charge in [0.1, 0.15) is 16.6 Å². The maximum absolute atomic E-state index is 13.7. The minimum Gasteiger partial charge on any atom is -0.322 e. The van der Waals surface area contributed by atoms with E-state index < -0.39 is 5.91 Å². The van der Waals surface area contributed by atoms with Crippen LogP contribution in [0.15, 0.2) is 60.2 Å². The van der Waals surface area contributed by atoms with Gasteiger partial charge in [-0.15, -0.1) is 11.3 Å². The topological polar surface area (TPSA) is 86.9 Å². The molecule has 2 amide bonds. The van der Waals surface area contributed by atoms with Crippen LogP contribution >= 0.6 is 11.3 Å². The molecule has 7 heteroatoms. The van der Waals surface area contributed by atoms with Crippen LogP contribution in [0, 0.1) is 39.0 Å². The first-order valence-corrected chi connectivity index (χ1v) is 14.3. The molecule has 4 aromatic rings. The number of aromatic nitrogens is 1. The lowest BCUT2D eigenvalue weighted by Crippen LogP contribution is -2.17. The Bertz CT molecular complexity index is 1690. The molecule has 0 radical (unpaired) electrons. The van der Waals surface area contributed by atoms with E-state index >= 15 is 0 Å². The number of hydrogen-bond acceptors (Lipinski definition) is 4. The summed E-state index contributed by atoms with van der Waals surface area (Å²) in [7, 11) is 0. The number of fused-ring (bicyclic) bond motifs is 1. The molecule has 6 nitrogen and oxygen atoms in total. The molecule has 0 atom stereocenters. The summed E-state index contributed by atoms with van der Waals surface area (Å²) in [4.78, 5) is 28.0. The highest BCUT2D eigenvalue weighted by Crippen LogP contribution is 2.39. The van der Waals surface area contributed by atoms with E-state index in [-0.39, 0.29) is 11.5 Å². The van der Waals surface area contributed by atoms with Crippen LogP contribution < -0.4 is 10.6 Å². The second-order valence-electron chi connectivity index (χ2n) is 10.2. The maximum atomic E-state index is 13.7. The van der Waals surface area contributed by atoms with E-state index in [0.29, 0.717) is 11.3 Å². The molecule has 0 saturated heterocycles. The van der Waals surface area contributed by atoms with Crippen LogP contribution in [-0.2, 0) is 17.6 Å². The van der Waals surface area contributed by atoms with Gasteiger partial charge in [0.2, 0.25) is 0 Å². The lowest BCUT2D eigenvalue weighted by Gasteiger charge is -2.14. The third kappa shape index (κ3) is 5.23. The number of carbonyl (C=O) groups is 2. The molecule has 0 fully saturated rings. The molecule has 5 rings (SSSR count).